The highest BCUT2D eigenvalue weighted by atomic mass is 19.3. The van der Waals surface area contributed by atoms with Gasteiger partial charge in [-0.25, -0.2) is 8.78 Å². The van der Waals surface area contributed by atoms with Gasteiger partial charge in [0.15, 0.2) is 0 Å². The number of hydrogen-bond acceptors (Lipinski definition) is 2. The summed E-state index contributed by atoms with van der Waals surface area (Å²) in [6.07, 6.45) is -2.78. The van der Waals surface area contributed by atoms with Crippen LogP contribution in [0.3, 0.4) is 0 Å². The molecular formula is C13H18F2O2. The van der Waals surface area contributed by atoms with Crippen molar-refractivity contribution in [3.63, 3.8) is 0 Å². The lowest BCUT2D eigenvalue weighted by Crippen LogP contribution is -2.09. The topological polar surface area (TPSA) is 29.5 Å². The van der Waals surface area contributed by atoms with Crippen molar-refractivity contribution in [3.05, 3.63) is 34.9 Å². The molecule has 0 aromatic heterocycles. The number of halogens is 2. The van der Waals surface area contributed by atoms with E-state index in [0.29, 0.717) is 6.42 Å². The summed E-state index contributed by atoms with van der Waals surface area (Å²) in [5, 5.41) is 9.92. The van der Waals surface area contributed by atoms with Gasteiger partial charge >= 0.3 is 0 Å². The molecule has 1 unspecified atom stereocenters. The highest BCUT2D eigenvalue weighted by Gasteiger charge is 2.11. The second-order valence-corrected chi connectivity index (χ2v) is 4.06. The summed E-state index contributed by atoms with van der Waals surface area (Å²) in [5.41, 5.74) is 2.98. The van der Waals surface area contributed by atoms with Crippen molar-refractivity contribution in [1.82, 2.24) is 0 Å². The van der Waals surface area contributed by atoms with Crippen LogP contribution in [0.4, 0.5) is 8.78 Å². The predicted octanol–water partition coefficient (Wildman–Crippen LogP) is 3.01. The van der Waals surface area contributed by atoms with Crippen LogP contribution in [0, 0.1) is 13.8 Å². The Morgan fingerprint density at radius 3 is 2.65 bits per heavy atom. The maximum atomic E-state index is 11.8. The van der Waals surface area contributed by atoms with Crippen molar-refractivity contribution in [2.45, 2.75) is 32.8 Å². The Balaban J connectivity index is 2.47. The van der Waals surface area contributed by atoms with E-state index >= 15 is 0 Å². The molecular weight excluding hydrogens is 226 g/mol. The number of aliphatic hydroxyl groups excluding tert-OH is 1. The minimum atomic E-state index is -2.45. The van der Waals surface area contributed by atoms with Crippen molar-refractivity contribution in [2.75, 3.05) is 13.2 Å². The van der Waals surface area contributed by atoms with Crippen molar-refractivity contribution >= 4 is 0 Å². The van der Waals surface area contributed by atoms with Gasteiger partial charge in [0.25, 0.3) is 6.43 Å². The number of ether oxygens (including phenoxy) is 1. The maximum Gasteiger partial charge on any atom is 0.261 e. The molecule has 0 bridgehead atoms. The third-order valence-corrected chi connectivity index (χ3v) is 2.78. The van der Waals surface area contributed by atoms with E-state index in [4.69, 9.17) is 4.74 Å². The Hall–Kier alpha value is -1.00. The van der Waals surface area contributed by atoms with Gasteiger partial charge in [-0.1, -0.05) is 18.2 Å². The Bertz CT molecular complexity index is 353. The number of aryl methyl sites for hydroxylation is 1. The molecule has 0 aliphatic rings. The number of alkyl halides is 2. The fourth-order valence-corrected chi connectivity index (χ4v) is 1.66. The fraction of sp³-hybridized carbons (Fsp3) is 0.538. The van der Waals surface area contributed by atoms with Crippen LogP contribution in [0.25, 0.3) is 0 Å². The number of rotatable bonds is 6. The van der Waals surface area contributed by atoms with Gasteiger partial charge in [0.2, 0.25) is 0 Å². The van der Waals surface area contributed by atoms with Gasteiger partial charge < -0.3 is 9.84 Å². The summed E-state index contributed by atoms with van der Waals surface area (Å²) in [7, 11) is 0. The highest BCUT2D eigenvalue weighted by molar-refractivity contribution is 5.34. The summed E-state index contributed by atoms with van der Waals surface area (Å²) < 4.78 is 28.4. The summed E-state index contributed by atoms with van der Waals surface area (Å²) >= 11 is 0. The molecule has 0 amide bonds. The first-order valence-corrected chi connectivity index (χ1v) is 5.62. The average Bonchev–Trinajstić information content (AvgIpc) is 2.27. The predicted molar refractivity (Wildman–Crippen MR) is 62.3 cm³/mol. The lowest BCUT2D eigenvalue weighted by Gasteiger charge is -2.15. The van der Waals surface area contributed by atoms with E-state index in [-0.39, 0.29) is 6.61 Å². The van der Waals surface area contributed by atoms with E-state index in [1.165, 1.54) is 0 Å². The van der Waals surface area contributed by atoms with E-state index in [9.17, 15) is 13.9 Å². The molecule has 1 atom stereocenters. The minimum Gasteiger partial charge on any atom is -0.388 e. The van der Waals surface area contributed by atoms with Crippen LogP contribution in [0.2, 0.25) is 0 Å². The van der Waals surface area contributed by atoms with Gasteiger partial charge in [0.05, 0.1) is 6.10 Å². The van der Waals surface area contributed by atoms with Gasteiger partial charge in [-0.05, 0) is 30.5 Å². The standard InChI is InChI=1S/C13H18F2O2/c1-9-4-3-5-11(10(9)2)12(16)6-7-17-8-13(14)15/h3-5,12-13,16H,6-8H2,1-2H3. The van der Waals surface area contributed by atoms with Crippen molar-refractivity contribution in [3.8, 4) is 0 Å². The molecule has 1 aromatic rings. The molecule has 0 radical (unpaired) electrons. The zero-order chi connectivity index (χ0) is 12.8. The molecule has 0 spiro atoms. The van der Waals surface area contributed by atoms with Crippen LogP contribution in [0.5, 0.6) is 0 Å². The number of benzene rings is 1. The molecule has 1 rings (SSSR count). The van der Waals surface area contributed by atoms with Crippen molar-refractivity contribution < 1.29 is 18.6 Å². The first-order valence-electron chi connectivity index (χ1n) is 5.62. The van der Waals surface area contributed by atoms with Crippen molar-refractivity contribution in [1.29, 1.82) is 0 Å². The third-order valence-electron chi connectivity index (χ3n) is 2.78. The average molecular weight is 244 g/mol. The highest BCUT2D eigenvalue weighted by Crippen LogP contribution is 2.22. The Morgan fingerprint density at radius 2 is 2.00 bits per heavy atom. The molecule has 0 fully saturated rings. The number of hydrogen-bond donors (Lipinski definition) is 1. The molecule has 0 saturated carbocycles. The lowest BCUT2D eigenvalue weighted by atomic mass is 9.98. The van der Waals surface area contributed by atoms with Crippen LogP contribution in [-0.2, 0) is 4.74 Å². The Kier molecular flexibility index (Phi) is 5.51. The second-order valence-electron chi connectivity index (χ2n) is 4.06. The first kappa shape index (κ1) is 14.1. The van der Waals surface area contributed by atoms with Crippen molar-refractivity contribution in [2.24, 2.45) is 0 Å². The molecule has 0 saturated heterocycles. The summed E-state index contributed by atoms with van der Waals surface area (Å²) in [6, 6.07) is 5.69. The van der Waals surface area contributed by atoms with Gasteiger partial charge in [-0.2, -0.15) is 0 Å². The third kappa shape index (κ3) is 4.40. The van der Waals surface area contributed by atoms with E-state index in [1.807, 2.05) is 32.0 Å². The molecule has 96 valence electrons. The smallest absolute Gasteiger partial charge is 0.261 e. The molecule has 1 aromatic carbocycles. The van der Waals surface area contributed by atoms with Gasteiger partial charge in [0, 0.05) is 13.0 Å². The second kappa shape index (κ2) is 6.67. The minimum absolute atomic E-state index is 0.138. The van der Waals surface area contributed by atoms with Gasteiger partial charge in [0.1, 0.15) is 6.61 Å². The van der Waals surface area contributed by atoms with Gasteiger partial charge in [-0.15, -0.1) is 0 Å². The van der Waals surface area contributed by atoms with E-state index in [2.05, 4.69) is 0 Å². The molecule has 17 heavy (non-hydrogen) atoms. The molecule has 0 heterocycles. The quantitative estimate of drug-likeness (QED) is 0.779. The fourth-order valence-electron chi connectivity index (χ4n) is 1.66. The van der Waals surface area contributed by atoms with Crippen LogP contribution < -0.4 is 0 Å². The van der Waals surface area contributed by atoms with E-state index < -0.39 is 19.1 Å². The number of aliphatic hydroxyl groups is 1. The van der Waals surface area contributed by atoms with Crippen LogP contribution >= 0.6 is 0 Å². The van der Waals surface area contributed by atoms with E-state index in [0.717, 1.165) is 16.7 Å². The molecule has 2 nitrogen and oxygen atoms in total. The van der Waals surface area contributed by atoms with E-state index in [1.54, 1.807) is 0 Å². The Labute approximate surface area is 100 Å². The zero-order valence-corrected chi connectivity index (χ0v) is 10.1. The summed E-state index contributed by atoms with van der Waals surface area (Å²) in [5.74, 6) is 0. The molecule has 4 heteroatoms. The van der Waals surface area contributed by atoms with Crippen LogP contribution in [-0.4, -0.2) is 24.7 Å². The maximum absolute atomic E-state index is 11.8. The normalized spacial score (nSPS) is 13.1. The zero-order valence-electron chi connectivity index (χ0n) is 10.1. The molecule has 1 N–H and O–H groups in total. The summed E-state index contributed by atoms with van der Waals surface area (Å²) in [4.78, 5) is 0. The monoisotopic (exact) mass is 244 g/mol. The molecule has 0 aliphatic carbocycles. The SMILES string of the molecule is Cc1cccc(C(O)CCOCC(F)F)c1C. The van der Waals surface area contributed by atoms with Crippen LogP contribution in [0.1, 0.15) is 29.2 Å². The van der Waals surface area contributed by atoms with Gasteiger partial charge in [-0.3, -0.25) is 0 Å². The van der Waals surface area contributed by atoms with Crippen LogP contribution in [0.15, 0.2) is 18.2 Å². The largest absolute Gasteiger partial charge is 0.388 e. The lowest BCUT2D eigenvalue weighted by molar-refractivity contribution is 0.00475. The first-order chi connectivity index (χ1) is 8.02. The summed E-state index contributed by atoms with van der Waals surface area (Å²) in [6.45, 7) is 3.48. The molecule has 0 aliphatic heterocycles. The Morgan fingerprint density at radius 1 is 1.29 bits per heavy atom.